The SMILES string of the molecule is C[C@@H](Oc1ccccc1F)C(=O)N[C@@H](c1ccc(Cl)cc1)c1cccnc1. The number of para-hydroxylation sites is 1. The van der Waals surface area contributed by atoms with Crippen molar-refractivity contribution in [2.45, 2.75) is 19.1 Å². The molecule has 0 radical (unpaired) electrons. The minimum absolute atomic E-state index is 0.0320. The van der Waals surface area contributed by atoms with Crippen molar-refractivity contribution in [3.63, 3.8) is 0 Å². The highest BCUT2D eigenvalue weighted by molar-refractivity contribution is 6.30. The van der Waals surface area contributed by atoms with Crippen molar-refractivity contribution in [3.8, 4) is 5.75 Å². The topological polar surface area (TPSA) is 51.2 Å². The van der Waals surface area contributed by atoms with Gasteiger partial charge in [0.2, 0.25) is 0 Å². The van der Waals surface area contributed by atoms with Gasteiger partial charge in [-0.1, -0.05) is 41.9 Å². The zero-order chi connectivity index (χ0) is 19.2. The minimum Gasteiger partial charge on any atom is -0.478 e. The Bertz CT molecular complexity index is 904. The summed E-state index contributed by atoms with van der Waals surface area (Å²) in [7, 11) is 0. The molecule has 1 heterocycles. The third-order valence-corrected chi connectivity index (χ3v) is 4.27. The number of nitrogens with zero attached hydrogens (tertiary/aromatic N) is 1. The number of rotatable bonds is 6. The molecule has 0 fully saturated rings. The first-order valence-electron chi connectivity index (χ1n) is 8.41. The fraction of sp³-hybridized carbons (Fsp3) is 0.143. The molecule has 2 atom stereocenters. The number of pyridine rings is 1. The molecule has 0 aliphatic heterocycles. The third-order valence-electron chi connectivity index (χ3n) is 4.02. The van der Waals surface area contributed by atoms with Crippen molar-refractivity contribution in [2.75, 3.05) is 0 Å². The van der Waals surface area contributed by atoms with E-state index in [0.29, 0.717) is 5.02 Å². The van der Waals surface area contributed by atoms with Crippen LogP contribution >= 0.6 is 11.6 Å². The highest BCUT2D eigenvalue weighted by atomic mass is 35.5. The molecule has 1 N–H and O–H groups in total. The van der Waals surface area contributed by atoms with Crippen LogP contribution in [0, 0.1) is 5.82 Å². The Balaban J connectivity index is 1.80. The first kappa shape index (κ1) is 18.9. The van der Waals surface area contributed by atoms with Gasteiger partial charge in [0.05, 0.1) is 6.04 Å². The van der Waals surface area contributed by atoms with Gasteiger partial charge in [0.15, 0.2) is 17.7 Å². The highest BCUT2D eigenvalue weighted by Gasteiger charge is 2.22. The summed E-state index contributed by atoms with van der Waals surface area (Å²) < 4.78 is 19.2. The highest BCUT2D eigenvalue weighted by Crippen LogP contribution is 2.24. The van der Waals surface area contributed by atoms with Gasteiger partial charge in [-0.05, 0) is 48.4 Å². The normalized spacial score (nSPS) is 12.9. The number of aromatic nitrogens is 1. The molecule has 6 heteroatoms. The molecule has 3 aromatic rings. The summed E-state index contributed by atoms with van der Waals surface area (Å²) >= 11 is 5.97. The number of amides is 1. The van der Waals surface area contributed by atoms with Crippen LogP contribution in [0.1, 0.15) is 24.1 Å². The number of ether oxygens (including phenoxy) is 1. The minimum atomic E-state index is -0.881. The van der Waals surface area contributed by atoms with Crippen molar-refractivity contribution < 1.29 is 13.9 Å². The van der Waals surface area contributed by atoms with E-state index in [-0.39, 0.29) is 11.7 Å². The lowest BCUT2D eigenvalue weighted by Gasteiger charge is -2.22. The third kappa shape index (κ3) is 4.83. The van der Waals surface area contributed by atoms with Gasteiger partial charge in [0.1, 0.15) is 0 Å². The van der Waals surface area contributed by atoms with Crippen LogP contribution in [0.5, 0.6) is 5.75 Å². The average molecular weight is 385 g/mol. The molecule has 2 aromatic carbocycles. The zero-order valence-electron chi connectivity index (χ0n) is 14.6. The summed E-state index contributed by atoms with van der Waals surface area (Å²) in [6.45, 7) is 1.57. The van der Waals surface area contributed by atoms with Gasteiger partial charge >= 0.3 is 0 Å². The van der Waals surface area contributed by atoms with Crippen LogP contribution in [0.4, 0.5) is 4.39 Å². The van der Waals surface area contributed by atoms with Crippen molar-refractivity contribution in [2.24, 2.45) is 0 Å². The predicted octanol–water partition coefficient (Wildman–Crippen LogP) is 4.55. The molecule has 0 unspecified atom stereocenters. The van der Waals surface area contributed by atoms with Crippen molar-refractivity contribution >= 4 is 17.5 Å². The average Bonchev–Trinajstić information content (AvgIpc) is 2.69. The first-order valence-corrected chi connectivity index (χ1v) is 8.79. The molecular weight excluding hydrogens is 367 g/mol. The number of carbonyl (C=O) groups is 1. The molecule has 1 amide bonds. The largest absolute Gasteiger partial charge is 0.478 e. The lowest BCUT2D eigenvalue weighted by atomic mass is 10.00. The quantitative estimate of drug-likeness (QED) is 0.678. The summed E-state index contributed by atoms with van der Waals surface area (Å²) in [6, 6.07) is 16.4. The maximum atomic E-state index is 13.8. The Labute approximate surface area is 162 Å². The summed E-state index contributed by atoms with van der Waals surface area (Å²) in [5.41, 5.74) is 1.66. The Kier molecular flexibility index (Phi) is 6.04. The number of benzene rings is 2. The van der Waals surface area contributed by atoms with Gasteiger partial charge in [-0.3, -0.25) is 9.78 Å². The van der Waals surface area contributed by atoms with Crippen LogP contribution in [-0.2, 0) is 4.79 Å². The van der Waals surface area contributed by atoms with Gasteiger partial charge in [0, 0.05) is 17.4 Å². The van der Waals surface area contributed by atoms with E-state index < -0.39 is 18.0 Å². The van der Waals surface area contributed by atoms with Crippen LogP contribution in [0.3, 0.4) is 0 Å². The second-order valence-electron chi connectivity index (χ2n) is 5.97. The Hall–Kier alpha value is -2.92. The van der Waals surface area contributed by atoms with E-state index in [1.54, 1.807) is 49.6 Å². The van der Waals surface area contributed by atoms with Gasteiger partial charge in [-0.2, -0.15) is 0 Å². The Morgan fingerprint density at radius 2 is 1.81 bits per heavy atom. The molecule has 0 spiro atoms. The summed E-state index contributed by atoms with van der Waals surface area (Å²) in [5, 5.41) is 3.54. The molecule has 1 aromatic heterocycles. The van der Waals surface area contributed by atoms with Gasteiger partial charge in [0.25, 0.3) is 5.91 Å². The zero-order valence-corrected chi connectivity index (χ0v) is 15.4. The molecule has 3 rings (SSSR count). The van der Waals surface area contributed by atoms with E-state index >= 15 is 0 Å². The summed E-state index contributed by atoms with van der Waals surface area (Å²) in [4.78, 5) is 16.8. The molecule has 0 bridgehead atoms. The van der Waals surface area contributed by atoms with E-state index in [1.165, 1.54) is 12.1 Å². The maximum absolute atomic E-state index is 13.8. The number of hydrogen-bond donors (Lipinski definition) is 1. The summed E-state index contributed by atoms with van der Waals surface area (Å²) in [5.74, 6) is -0.856. The van der Waals surface area contributed by atoms with Gasteiger partial charge < -0.3 is 10.1 Å². The second kappa shape index (κ2) is 8.64. The lowest BCUT2D eigenvalue weighted by Crippen LogP contribution is -2.39. The van der Waals surface area contributed by atoms with Crippen molar-refractivity contribution in [3.05, 3.63) is 95.0 Å². The molecule has 0 aliphatic carbocycles. The number of hydrogen-bond acceptors (Lipinski definition) is 3. The fourth-order valence-corrected chi connectivity index (χ4v) is 2.73. The predicted molar refractivity (Wildman–Crippen MR) is 102 cm³/mol. The number of nitrogens with one attached hydrogen (secondary N) is 1. The van der Waals surface area contributed by atoms with E-state index in [9.17, 15) is 9.18 Å². The monoisotopic (exact) mass is 384 g/mol. The summed E-state index contributed by atoms with van der Waals surface area (Å²) in [6.07, 6.45) is 2.46. The molecule has 27 heavy (non-hydrogen) atoms. The van der Waals surface area contributed by atoms with Crippen molar-refractivity contribution in [1.29, 1.82) is 0 Å². The standard InChI is InChI=1S/C21H18ClFN2O2/c1-14(27-19-7-3-2-6-18(19)23)21(26)25-20(16-5-4-12-24-13-16)15-8-10-17(22)11-9-15/h2-14,20H,1H3,(H,25,26)/t14-,20+/m1/s1. The fourth-order valence-electron chi connectivity index (χ4n) is 2.60. The Morgan fingerprint density at radius 1 is 1.07 bits per heavy atom. The molecule has 4 nitrogen and oxygen atoms in total. The van der Waals surface area contributed by atoms with Crippen LogP contribution < -0.4 is 10.1 Å². The molecular formula is C21H18ClFN2O2. The van der Waals surface area contributed by atoms with E-state index in [4.69, 9.17) is 16.3 Å². The molecule has 0 saturated heterocycles. The molecule has 0 saturated carbocycles. The smallest absolute Gasteiger partial charge is 0.261 e. The van der Waals surface area contributed by atoms with Crippen LogP contribution in [0.2, 0.25) is 5.02 Å². The number of carbonyl (C=O) groups excluding carboxylic acids is 1. The van der Waals surface area contributed by atoms with E-state index in [1.807, 2.05) is 18.2 Å². The van der Waals surface area contributed by atoms with Crippen LogP contribution in [0.25, 0.3) is 0 Å². The second-order valence-corrected chi connectivity index (χ2v) is 6.41. The first-order chi connectivity index (χ1) is 13.0. The molecule has 0 aliphatic rings. The van der Waals surface area contributed by atoms with Crippen LogP contribution in [-0.4, -0.2) is 17.0 Å². The maximum Gasteiger partial charge on any atom is 0.261 e. The lowest BCUT2D eigenvalue weighted by molar-refractivity contribution is -0.127. The van der Waals surface area contributed by atoms with Gasteiger partial charge in [-0.25, -0.2) is 4.39 Å². The van der Waals surface area contributed by atoms with Crippen LogP contribution in [0.15, 0.2) is 73.1 Å². The Morgan fingerprint density at radius 3 is 2.48 bits per heavy atom. The van der Waals surface area contributed by atoms with Gasteiger partial charge in [-0.15, -0.1) is 0 Å². The molecule has 138 valence electrons. The van der Waals surface area contributed by atoms with E-state index in [0.717, 1.165) is 11.1 Å². The van der Waals surface area contributed by atoms with E-state index in [2.05, 4.69) is 10.3 Å². The number of halogens is 2. The van der Waals surface area contributed by atoms with Crippen molar-refractivity contribution in [1.82, 2.24) is 10.3 Å².